The Balaban J connectivity index is 1.55. The van der Waals surface area contributed by atoms with Crippen LogP contribution >= 0.6 is 0 Å². The van der Waals surface area contributed by atoms with Gasteiger partial charge in [0.25, 0.3) is 5.69 Å². The number of nitro benzene ring substituents is 1. The van der Waals surface area contributed by atoms with E-state index in [2.05, 4.69) is 21.9 Å². The Morgan fingerprint density at radius 2 is 1.61 bits per heavy atom. The van der Waals surface area contributed by atoms with E-state index in [0.29, 0.717) is 25.3 Å². The molecular weight excluding hydrogens is 392 g/mol. The lowest BCUT2D eigenvalue weighted by molar-refractivity contribution is -0.384. The van der Waals surface area contributed by atoms with E-state index >= 15 is 0 Å². The van der Waals surface area contributed by atoms with E-state index in [-0.39, 0.29) is 21.9 Å². The molecule has 2 aliphatic heterocycles. The molecular formula is C24H30N4O3. The van der Waals surface area contributed by atoms with Crippen molar-refractivity contribution in [3.63, 3.8) is 0 Å². The van der Waals surface area contributed by atoms with Crippen molar-refractivity contribution in [2.45, 2.75) is 33.7 Å². The highest BCUT2D eigenvalue weighted by molar-refractivity contribution is 5.82. The summed E-state index contributed by atoms with van der Waals surface area (Å²) in [5, 5.41) is 11.7. The number of nitro groups is 1. The highest BCUT2D eigenvalue weighted by Crippen LogP contribution is 2.36. The van der Waals surface area contributed by atoms with Crippen LogP contribution in [0.1, 0.15) is 31.9 Å². The van der Waals surface area contributed by atoms with Crippen molar-refractivity contribution in [3.8, 4) is 0 Å². The number of rotatable bonds is 3. The van der Waals surface area contributed by atoms with Gasteiger partial charge in [-0.05, 0) is 29.7 Å². The maximum atomic E-state index is 12.6. The van der Waals surface area contributed by atoms with Crippen LogP contribution in [0.5, 0.6) is 0 Å². The second kappa shape index (κ2) is 8.21. The second-order valence-electron chi connectivity index (χ2n) is 9.40. The molecule has 2 aromatic carbocycles. The molecule has 0 aliphatic carbocycles. The highest BCUT2D eigenvalue weighted by atomic mass is 16.6. The summed E-state index contributed by atoms with van der Waals surface area (Å²) in [5.41, 5.74) is 3.95. The number of piperazine rings is 1. The zero-order valence-corrected chi connectivity index (χ0v) is 18.5. The fourth-order valence-electron chi connectivity index (χ4n) is 4.46. The predicted octanol–water partition coefficient (Wildman–Crippen LogP) is 3.85. The van der Waals surface area contributed by atoms with Crippen molar-refractivity contribution in [2.24, 2.45) is 5.41 Å². The van der Waals surface area contributed by atoms with Gasteiger partial charge in [0.2, 0.25) is 5.91 Å². The summed E-state index contributed by atoms with van der Waals surface area (Å²) in [5.74, 6) is 0.170. The maximum absolute atomic E-state index is 12.6. The third kappa shape index (κ3) is 4.36. The zero-order chi connectivity index (χ0) is 22.2. The molecule has 4 rings (SSSR count). The number of hydrogen-bond acceptors (Lipinski definition) is 5. The summed E-state index contributed by atoms with van der Waals surface area (Å²) in [6, 6.07) is 13.7. The average molecular weight is 423 g/mol. The van der Waals surface area contributed by atoms with E-state index in [1.807, 2.05) is 49.9 Å². The number of carbonyl (C=O) groups excluding carboxylic acids is 1. The zero-order valence-electron chi connectivity index (χ0n) is 18.5. The summed E-state index contributed by atoms with van der Waals surface area (Å²) < 4.78 is 0. The van der Waals surface area contributed by atoms with Crippen molar-refractivity contribution in [2.75, 3.05) is 42.5 Å². The number of fused-ring (bicyclic) bond motifs is 1. The number of amides is 1. The summed E-state index contributed by atoms with van der Waals surface area (Å²) in [7, 11) is 0. The minimum atomic E-state index is -0.382. The van der Waals surface area contributed by atoms with Crippen LogP contribution in [-0.2, 0) is 17.8 Å². The first-order valence-electron chi connectivity index (χ1n) is 10.9. The van der Waals surface area contributed by atoms with Crippen LogP contribution in [-0.4, -0.2) is 48.5 Å². The van der Waals surface area contributed by atoms with E-state index in [1.54, 1.807) is 6.07 Å². The van der Waals surface area contributed by atoms with Crippen LogP contribution in [0.4, 0.5) is 17.1 Å². The predicted molar refractivity (Wildman–Crippen MR) is 123 cm³/mol. The van der Waals surface area contributed by atoms with Gasteiger partial charge in [-0.1, -0.05) is 45.0 Å². The second-order valence-corrected chi connectivity index (χ2v) is 9.40. The number of hydrogen-bond donors (Lipinski definition) is 0. The lowest BCUT2D eigenvalue weighted by Gasteiger charge is -2.39. The molecule has 164 valence electrons. The maximum Gasteiger partial charge on any atom is 0.292 e. The third-order valence-corrected chi connectivity index (χ3v) is 6.20. The van der Waals surface area contributed by atoms with Gasteiger partial charge in [-0.3, -0.25) is 14.9 Å². The van der Waals surface area contributed by atoms with Gasteiger partial charge in [0, 0.05) is 56.4 Å². The molecule has 2 aromatic rings. The first kappa shape index (κ1) is 21.2. The van der Waals surface area contributed by atoms with Gasteiger partial charge in [-0.2, -0.15) is 0 Å². The van der Waals surface area contributed by atoms with Gasteiger partial charge in [-0.25, -0.2) is 0 Å². The topological polar surface area (TPSA) is 69.9 Å². The highest BCUT2D eigenvalue weighted by Gasteiger charge is 2.30. The van der Waals surface area contributed by atoms with Crippen molar-refractivity contribution in [1.82, 2.24) is 4.90 Å². The lowest BCUT2D eigenvalue weighted by Crippen LogP contribution is -2.51. The van der Waals surface area contributed by atoms with Crippen molar-refractivity contribution < 1.29 is 9.72 Å². The molecule has 0 unspecified atom stereocenters. The summed E-state index contributed by atoms with van der Waals surface area (Å²) in [6.07, 6.45) is 0.880. The quantitative estimate of drug-likeness (QED) is 0.555. The lowest BCUT2D eigenvalue weighted by atomic mass is 9.94. The van der Waals surface area contributed by atoms with Crippen LogP contribution in [0.25, 0.3) is 0 Å². The van der Waals surface area contributed by atoms with Crippen LogP contribution in [0.2, 0.25) is 0 Å². The van der Waals surface area contributed by atoms with E-state index in [9.17, 15) is 14.9 Å². The summed E-state index contributed by atoms with van der Waals surface area (Å²) in [4.78, 5) is 30.3. The number of carbonyl (C=O) groups is 1. The number of benzene rings is 2. The molecule has 0 N–H and O–H groups in total. The first-order chi connectivity index (χ1) is 14.7. The Hall–Kier alpha value is -3.09. The SMILES string of the molecule is CC(C)(C)C(=O)N1CCN(c2ccc([N+](=O)[O-])c(N3CCc4ccccc4C3)c2)CC1. The van der Waals surface area contributed by atoms with E-state index < -0.39 is 0 Å². The monoisotopic (exact) mass is 422 g/mol. The average Bonchev–Trinajstić information content (AvgIpc) is 2.77. The fourth-order valence-corrected chi connectivity index (χ4v) is 4.46. The summed E-state index contributed by atoms with van der Waals surface area (Å²) in [6.45, 7) is 10.1. The molecule has 31 heavy (non-hydrogen) atoms. The van der Waals surface area contributed by atoms with Gasteiger partial charge in [-0.15, -0.1) is 0 Å². The Morgan fingerprint density at radius 3 is 2.26 bits per heavy atom. The fraction of sp³-hybridized carbons (Fsp3) is 0.458. The van der Waals surface area contributed by atoms with Crippen molar-refractivity contribution >= 4 is 23.0 Å². The molecule has 0 spiro atoms. The summed E-state index contributed by atoms with van der Waals surface area (Å²) >= 11 is 0. The minimum Gasteiger partial charge on any atom is -0.368 e. The molecule has 0 radical (unpaired) electrons. The molecule has 0 aromatic heterocycles. The van der Waals surface area contributed by atoms with E-state index in [0.717, 1.165) is 31.7 Å². The Morgan fingerprint density at radius 1 is 0.935 bits per heavy atom. The van der Waals surface area contributed by atoms with Gasteiger partial charge >= 0.3 is 0 Å². The van der Waals surface area contributed by atoms with Crippen LogP contribution in [0.3, 0.4) is 0 Å². The first-order valence-corrected chi connectivity index (χ1v) is 10.9. The molecule has 2 aliphatic rings. The third-order valence-electron chi connectivity index (χ3n) is 6.20. The van der Waals surface area contributed by atoms with E-state index in [1.165, 1.54) is 11.1 Å². The van der Waals surface area contributed by atoms with Gasteiger partial charge < -0.3 is 14.7 Å². The molecule has 7 nitrogen and oxygen atoms in total. The standard InChI is InChI=1S/C24H30N4O3/c1-24(2,3)23(29)26-14-12-25(13-15-26)20-8-9-21(28(30)31)22(16-20)27-11-10-18-6-4-5-7-19(18)17-27/h4-9,16H,10-15,17H2,1-3H3. The van der Waals surface area contributed by atoms with Crippen LogP contribution < -0.4 is 9.80 Å². The molecule has 0 bridgehead atoms. The van der Waals surface area contributed by atoms with Gasteiger partial charge in [0.1, 0.15) is 5.69 Å². The molecule has 2 heterocycles. The molecule has 1 amide bonds. The molecule has 7 heteroatoms. The molecule has 0 saturated carbocycles. The van der Waals surface area contributed by atoms with Crippen molar-refractivity contribution in [3.05, 3.63) is 63.7 Å². The Bertz CT molecular complexity index is 991. The van der Waals surface area contributed by atoms with Gasteiger partial charge in [0.05, 0.1) is 4.92 Å². The molecule has 1 saturated heterocycles. The van der Waals surface area contributed by atoms with E-state index in [4.69, 9.17) is 0 Å². The number of nitrogens with zero attached hydrogens (tertiary/aromatic N) is 4. The largest absolute Gasteiger partial charge is 0.368 e. The minimum absolute atomic E-state index is 0.143. The normalized spacial score (nSPS) is 16.8. The Kier molecular flexibility index (Phi) is 5.60. The van der Waals surface area contributed by atoms with Gasteiger partial charge in [0.15, 0.2) is 0 Å². The van der Waals surface area contributed by atoms with Crippen LogP contribution in [0.15, 0.2) is 42.5 Å². The Labute approximate surface area is 183 Å². The van der Waals surface area contributed by atoms with Crippen LogP contribution in [0, 0.1) is 15.5 Å². The van der Waals surface area contributed by atoms with Crippen molar-refractivity contribution in [1.29, 1.82) is 0 Å². The number of anilines is 2. The smallest absolute Gasteiger partial charge is 0.292 e. The molecule has 1 fully saturated rings. The molecule has 0 atom stereocenters.